The van der Waals surface area contributed by atoms with Crippen LogP contribution in [0, 0.1) is 5.41 Å². The number of nitrogens with zero attached hydrogens (tertiary/aromatic N) is 1. The zero-order valence-corrected chi connectivity index (χ0v) is 10.5. The molecule has 0 aromatic heterocycles. The van der Waals surface area contributed by atoms with Gasteiger partial charge in [-0.1, -0.05) is 27.7 Å². The van der Waals surface area contributed by atoms with Gasteiger partial charge in [0.25, 0.3) is 0 Å². The summed E-state index contributed by atoms with van der Waals surface area (Å²) in [6.07, 6.45) is 0.746. The molecular weight excluding hydrogens is 208 g/mol. The number of hydrogen-bond donors (Lipinski definition) is 2. The Bertz CT molecular complexity index is 246. The van der Waals surface area contributed by atoms with E-state index in [4.69, 9.17) is 5.11 Å². The van der Waals surface area contributed by atoms with E-state index in [1.54, 1.807) is 0 Å². The van der Waals surface area contributed by atoms with Crippen molar-refractivity contribution < 1.29 is 14.7 Å². The molecule has 2 N–H and O–H groups in total. The Kier molecular flexibility index (Phi) is 5.85. The summed E-state index contributed by atoms with van der Waals surface area (Å²) in [6, 6.07) is -0.306. The van der Waals surface area contributed by atoms with Gasteiger partial charge in [0, 0.05) is 13.1 Å². The first-order valence-electron chi connectivity index (χ1n) is 5.51. The number of nitrogens with one attached hydrogen (secondary N) is 1. The SMILES string of the molecule is CCCN(CC(=O)O)C(=O)NCC(C)(C)C. The van der Waals surface area contributed by atoms with E-state index in [-0.39, 0.29) is 18.0 Å². The second kappa shape index (κ2) is 6.35. The van der Waals surface area contributed by atoms with Crippen molar-refractivity contribution in [3.8, 4) is 0 Å². The van der Waals surface area contributed by atoms with Gasteiger partial charge in [-0.2, -0.15) is 0 Å². The number of carboxylic acid groups (broad SMARTS) is 1. The summed E-state index contributed by atoms with van der Waals surface area (Å²) in [5, 5.41) is 11.4. The van der Waals surface area contributed by atoms with Gasteiger partial charge in [-0.3, -0.25) is 4.79 Å². The van der Waals surface area contributed by atoms with Gasteiger partial charge in [-0.15, -0.1) is 0 Å². The van der Waals surface area contributed by atoms with E-state index in [2.05, 4.69) is 5.32 Å². The molecule has 0 fully saturated rings. The molecule has 0 aromatic rings. The average Bonchev–Trinajstić information content (AvgIpc) is 2.11. The van der Waals surface area contributed by atoms with Crippen molar-refractivity contribution in [1.82, 2.24) is 10.2 Å². The Morgan fingerprint density at radius 3 is 2.25 bits per heavy atom. The third-order valence-corrected chi connectivity index (χ3v) is 1.88. The lowest BCUT2D eigenvalue weighted by Gasteiger charge is -2.24. The lowest BCUT2D eigenvalue weighted by Crippen LogP contribution is -2.45. The Morgan fingerprint density at radius 1 is 1.31 bits per heavy atom. The topological polar surface area (TPSA) is 69.6 Å². The van der Waals surface area contributed by atoms with E-state index in [9.17, 15) is 9.59 Å². The maximum absolute atomic E-state index is 11.7. The van der Waals surface area contributed by atoms with E-state index in [0.717, 1.165) is 6.42 Å². The summed E-state index contributed by atoms with van der Waals surface area (Å²) in [6.45, 7) is 8.68. The molecule has 0 rings (SSSR count). The molecule has 2 amide bonds. The molecule has 0 radical (unpaired) electrons. The predicted octanol–water partition coefficient (Wildman–Crippen LogP) is 1.54. The molecule has 0 aromatic carbocycles. The maximum Gasteiger partial charge on any atom is 0.323 e. The van der Waals surface area contributed by atoms with E-state index in [1.807, 2.05) is 27.7 Å². The molecule has 0 saturated heterocycles. The van der Waals surface area contributed by atoms with Crippen LogP contribution in [0.4, 0.5) is 4.79 Å². The van der Waals surface area contributed by atoms with Gasteiger partial charge in [-0.25, -0.2) is 4.79 Å². The molecule has 0 atom stereocenters. The summed E-state index contributed by atoms with van der Waals surface area (Å²) in [5.41, 5.74) is -0.00321. The van der Waals surface area contributed by atoms with Crippen molar-refractivity contribution in [2.75, 3.05) is 19.6 Å². The molecule has 94 valence electrons. The van der Waals surface area contributed by atoms with Crippen LogP contribution >= 0.6 is 0 Å². The zero-order valence-electron chi connectivity index (χ0n) is 10.5. The number of urea groups is 1. The van der Waals surface area contributed by atoms with Crippen molar-refractivity contribution in [1.29, 1.82) is 0 Å². The van der Waals surface area contributed by atoms with Crippen LogP contribution in [-0.2, 0) is 4.79 Å². The first-order chi connectivity index (χ1) is 7.26. The summed E-state index contributed by atoms with van der Waals surface area (Å²) < 4.78 is 0. The second-order valence-electron chi connectivity index (χ2n) is 5.03. The van der Waals surface area contributed by atoms with Crippen LogP contribution in [0.25, 0.3) is 0 Å². The number of carboxylic acids is 1. The monoisotopic (exact) mass is 230 g/mol. The van der Waals surface area contributed by atoms with Gasteiger partial charge >= 0.3 is 12.0 Å². The Labute approximate surface area is 96.8 Å². The van der Waals surface area contributed by atoms with Gasteiger partial charge in [0.2, 0.25) is 0 Å². The van der Waals surface area contributed by atoms with Crippen LogP contribution in [0.3, 0.4) is 0 Å². The highest BCUT2D eigenvalue weighted by molar-refractivity contribution is 5.80. The molecule has 0 spiro atoms. The van der Waals surface area contributed by atoms with E-state index < -0.39 is 5.97 Å². The number of rotatable bonds is 5. The largest absolute Gasteiger partial charge is 0.480 e. The minimum Gasteiger partial charge on any atom is -0.480 e. The van der Waals surface area contributed by atoms with Crippen molar-refractivity contribution in [3.05, 3.63) is 0 Å². The molecular formula is C11H22N2O3. The molecule has 0 aliphatic carbocycles. The van der Waals surface area contributed by atoms with Gasteiger partial charge in [-0.05, 0) is 11.8 Å². The van der Waals surface area contributed by atoms with Crippen molar-refractivity contribution in [3.63, 3.8) is 0 Å². The lowest BCUT2D eigenvalue weighted by atomic mass is 9.97. The Balaban J connectivity index is 4.22. The number of hydrogen-bond acceptors (Lipinski definition) is 2. The molecule has 0 unspecified atom stereocenters. The number of carbonyl (C=O) groups excluding carboxylic acids is 1. The number of aliphatic carboxylic acids is 1. The van der Waals surface area contributed by atoms with Crippen LogP contribution in [0.2, 0.25) is 0 Å². The lowest BCUT2D eigenvalue weighted by molar-refractivity contribution is -0.137. The standard InChI is InChI=1S/C11H22N2O3/c1-5-6-13(7-9(14)15)10(16)12-8-11(2,3)4/h5-8H2,1-4H3,(H,12,16)(H,14,15). The molecule has 0 aliphatic heterocycles. The third-order valence-electron chi connectivity index (χ3n) is 1.88. The van der Waals surface area contributed by atoms with E-state index in [1.165, 1.54) is 4.90 Å². The highest BCUT2D eigenvalue weighted by Crippen LogP contribution is 2.10. The third kappa shape index (κ3) is 7.09. The van der Waals surface area contributed by atoms with Gasteiger partial charge in [0.1, 0.15) is 6.54 Å². The van der Waals surface area contributed by atoms with Crippen molar-refractivity contribution in [2.45, 2.75) is 34.1 Å². The first-order valence-corrected chi connectivity index (χ1v) is 5.51. The van der Waals surface area contributed by atoms with Gasteiger partial charge in [0.15, 0.2) is 0 Å². The molecule has 5 heteroatoms. The first kappa shape index (κ1) is 14.7. The highest BCUT2D eigenvalue weighted by Gasteiger charge is 2.18. The Hall–Kier alpha value is -1.26. The van der Waals surface area contributed by atoms with Gasteiger partial charge < -0.3 is 15.3 Å². The highest BCUT2D eigenvalue weighted by atomic mass is 16.4. The minimum absolute atomic E-state index is 0.00321. The van der Waals surface area contributed by atoms with Crippen LogP contribution in [0.15, 0.2) is 0 Å². The van der Waals surface area contributed by atoms with Crippen molar-refractivity contribution in [2.24, 2.45) is 5.41 Å². The fraction of sp³-hybridized carbons (Fsp3) is 0.818. The molecule has 0 aliphatic rings. The van der Waals surface area contributed by atoms with Crippen LogP contribution in [-0.4, -0.2) is 41.6 Å². The molecule has 0 heterocycles. The Morgan fingerprint density at radius 2 is 1.88 bits per heavy atom. The van der Waals surface area contributed by atoms with Crippen LogP contribution in [0.5, 0.6) is 0 Å². The second-order valence-corrected chi connectivity index (χ2v) is 5.03. The smallest absolute Gasteiger partial charge is 0.323 e. The number of carbonyl (C=O) groups is 2. The van der Waals surface area contributed by atoms with Crippen LogP contribution in [0.1, 0.15) is 34.1 Å². The summed E-state index contributed by atoms with van der Waals surface area (Å²) >= 11 is 0. The minimum atomic E-state index is -0.987. The predicted molar refractivity (Wildman–Crippen MR) is 62.4 cm³/mol. The fourth-order valence-electron chi connectivity index (χ4n) is 1.14. The molecule has 0 saturated carbocycles. The fourth-order valence-corrected chi connectivity index (χ4v) is 1.14. The van der Waals surface area contributed by atoms with Gasteiger partial charge in [0.05, 0.1) is 0 Å². The summed E-state index contributed by atoms with van der Waals surface area (Å²) in [5.74, 6) is -0.987. The van der Waals surface area contributed by atoms with Crippen molar-refractivity contribution >= 4 is 12.0 Å². The molecule has 5 nitrogen and oxygen atoms in total. The maximum atomic E-state index is 11.7. The normalized spacial score (nSPS) is 11.0. The molecule has 0 bridgehead atoms. The quantitative estimate of drug-likeness (QED) is 0.752. The number of amides is 2. The van der Waals surface area contributed by atoms with E-state index >= 15 is 0 Å². The van der Waals surface area contributed by atoms with E-state index in [0.29, 0.717) is 13.1 Å². The zero-order chi connectivity index (χ0) is 12.8. The summed E-state index contributed by atoms with van der Waals surface area (Å²) in [4.78, 5) is 23.5. The summed E-state index contributed by atoms with van der Waals surface area (Å²) in [7, 11) is 0. The average molecular weight is 230 g/mol. The van der Waals surface area contributed by atoms with Crippen LogP contribution < -0.4 is 5.32 Å². The molecule has 16 heavy (non-hydrogen) atoms.